The maximum Gasteiger partial charge on any atom is 0.132 e. The molecule has 1 saturated carbocycles. The first-order valence-electron chi connectivity index (χ1n) is 9.60. The van der Waals surface area contributed by atoms with Crippen molar-refractivity contribution in [3.8, 4) is 5.75 Å². The molecule has 0 spiro atoms. The fourth-order valence-electron chi connectivity index (χ4n) is 3.48. The second kappa shape index (κ2) is 7.41. The number of benzene rings is 1. The Bertz CT molecular complexity index is 881. The molecule has 148 valence electrons. The highest BCUT2D eigenvalue weighted by Crippen LogP contribution is 2.41. The summed E-state index contributed by atoms with van der Waals surface area (Å²) in [5.41, 5.74) is 5.87. The van der Waals surface area contributed by atoms with E-state index in [2.05, 4.69) is 33.8 Å². The van der Waals surface area contributed by atoms with E-state index in [1.807, 2.05) is 24.3 Å². The van der Waals surface area contributed by atoms with Crippen molar-refractivity contribution in [1.29, 1.82) is 0 Å². The molecule has 2 fully saturated rings. The lowest BCUT2D eigenvalue weighted by molar-refractivity contribution is 0.121. The quantitative estimate of drug-likeness (QED) is 0.563. The zero-order chi connectivity index (χ0) is 19.7. The molecular weight excluding hydrogens is 354 g/mol. The molecule has 1 aromatic carbocycles. The van der Waals surface area contributed by atoms with Gasteiger partial charge in [0.1, 0.15) is 23.5 Å². The molecule has 3 N–H and O–H groups in total. The fraction of sp³-hybridized carbons (Fsp3) is 0.429. The summed E-state index contributed by atoms with van der Waals surface area (Å²) >= 11 is 0. The number of nitrogens with one attached hydrogen (secondary N) is 1. The molecule has 2 aromatic rings. The van der Waals surface area contributed by atoms with Crippen LogP contribution in [0.2, 0.25) is 0 Å². The Morgan fingerprint density at radius 1 is 1.32 bits per heavy atom. The van der Waals surface area contributed by atoms with E-state index < -0.39 is 0 Å². The van der Waals surface area contributed by atoms with Gasteiger partial charge in [-0.15, -0.1) is 0 Å². The number of rotatable bonds is 7. The number of methoxy groups -OCH3 is 1. The van der Waals surface area contributed by atoms with Crippen LogP contribution in [0.1, 0.15) is 37.4 Å². The van der Waals surface area contributed by atoms with Crippen LogP contribution in [0.4, 0.5) is 11.5 Å². The fourth-order valence-corrected chi connectivity index (χ4v) is 3.48. The van der Waals surface area contributed by atoms with Crippen molar-refractivity contribution in [2.24, 2.45) is 5.84 Å². The van der Waals surface area contributed by atoms with E-state index in [1.165, 1.54) is 0 Å². The van der Waals surface area contributed by atoms with Crippen molar-refractivity contribution in [3.63, 3.8) is 0 Å². The molecule has 0 amide bonds. The first-order valence-corrected chi connectivity index (χ1v) is 9.60. The van der Waals surface area contributed by atoms with E-state index in [0.29, 0.717) is 0 Å². The topological polar surface area (TPSA) is 85.5 Å². The van der Waals surface area contributed by atoms with Gasteiger partial charge in [-0.1, -0.05) is 6.58 Å². The first kappa shape index (κ1) is 18.7. The minimum atomic E-state index is -0.0496. The van der Waals surface area contributed by atoms with E-state index >= 15 is 0 Å². The zero-order valence-electron chi connectivity index (χ0n) is 16.4. The van der Waals surface area contributed by atoms with Crippen LogP contribution in [0, 0.1) is 0 Å². The van der Waals surface area contributed by atoms with Crippen LogP contribution in [0.25, 0.3) is 5.57 Å². The molecule has 0 bridgehead atoms. The number of ether oxygens (including phenoxy) is 2. The van der Waals surface area contributed by atoms with Crippen molar-refractivity contribution in [1.82, 2.24) is 9.97 Å². The van der Waals surface area contributed by atoms with Gasteiger partial charge in [-0.05, 0) is 44.4 Å². The molecule has 28 heavy (non-hydrogen) atoms. The van der Waals surface area contributed by atoms with Crippen molar-refractivity contribution in [2.45, 2.75) is 37.9 Å². The highest BCUT2D eigenvalue weighted by Gasteiger charge is 2.40. The molecule has 2 aliphatic rings. The monoisotopic (exact) mass is 381 g/mol. The molecule has 1 aliphatic heterocycles. The van der Waals surface area contributed by atoms with Gasteiger partial charge in [0, 0.05) is 37.4 Å². The predicted octanol–water partition coefficient (Wildman–Crippen LogP) is 2.98. The van der Waals surface area contributed by atoms with E-state index in [1.54, 1.807) is 13.4 Å². The predicted molar refractivity (Wildman–Crippen MR) is 110 cm³/mol. The number of hydrogen-bond acceptors (Lipinski definition) is 7. The Morgan fingerprint density at radius 3 is 2.82 bits per heavy atom. The summed E-state index contributed by atoms with van der Waals surface area (Å²) in [4.78, 5) is 11.1. The molecule has 1 saturated heterocycles. The summed E-state index contributed by atoms with van der Waals surface area (Å²) in [5, 5.41) is 0. The van der Waals surface area contributed by atoms with E-state index in [0.717, 1.165) is 66.4 Å². The van der Waals surface area contributed by atoms with E-state index in [-0.39, 0.29) is 11.7 Å². The Labute approximate surface area is 165 Å². The number of nitrogen functional groups attached to an aromatic ring is 1. The van der Waals surface area contributed by atoms with Gasteiger partial charge in [-0.25, -0.2) is 9.97 Å². The first-order chi connectivity index (χ1) is 13.5. The highest BCUT2D eigenvalue weighted by molar-refractivity contribution is 5.84. The lowest BCUT2D eigenvalue weighted by atomic mass is 10.0. The van der Waals surface area contributed by atoms with Gasteiger partial charge < -0.3 is 19.8 Å². The van der Waals surface area contributed by atoms with Gasteiger partial charge in [0.2, 0.25) is 0 Å². The second-order valence-electron chi connectivity index (χ2n) is 7.74. The normalized spacial score (nSPS) is 20.1. The SMILES string of the molecule is C=C(c1cc(N2CC[C@H](OC)C2)ncn1)c1cc(OC2(C)CC2)ccc1NN. The van der Waals surface area contributed by atoms with Crippen LogP contribution >= 0.6 is 0 Å². The van der Waals surface area contributed by atoms with Gasteiger partial charge in [-0.3, -0.25) is 5.84 Å². The van der Waals surface area contributed by atoms with Crippen LogP contribution in [0.5, 0.6) is 5.75 Å². The summed E-state index contributed by atoms with van der Waals surface area (Å²) in [6.07, 6.45) is 4.97. The molecule has 2 heterocycles. The van der Waals surface area contributed by atoms with Crippen molar-refractivity contribution in [2.75, 3.05) is 30.5 Å². The summed E-state index contributed by atoms with van der Waals surface area (Å²) in [7, 11) is 1.75. The molecule has 0 radical (unpaired) electrons. The van der Waals surface area contributed by atoms with Gasteiger partial charge in [0.05, 0.1) is 17.5 Å². The smallest absolute Gasteiger partial charge is 0.132 e. The third-order valence-corrected chi connectivity index (χ3v) is 5.55. The average Bonchev–Trinajstić information content (AvgIpc) is 3.25. The minimum absolute atomic E-state index is 0.0496. The Morgan fingerprint density at radius 2 is 2.14 bits per heavy atom. The Hall–Kier alpha value is -2.64. The number of hydrazine groups is 1. The van der Waals surface area contributed by atoms with Crippen molar-refractivity contribution < 1.29 is 9.47 Å². The molecule has 0 unspecified atom stereocenters. The number of aromatic nitrogens is 2. The Kier molecular flexibility index (Phi) is 4.95. The average molecular weight is 381 g/mol. The van der Waals surface area contributed by atoms with Crippen LogP contribution in [0.3, 0.4) is 0 Å². The van der Waals surface area contributed by atoms with Crippen molar-refractivity contribution in [3.05, 3.63) is 48.4 Å². The minimum Gasteiger partial charge on any atom is -0.488 e. The molecule has 1 atom stereocenters. The van der Waals surface area contributed by atoms with Gasteiger partial charge in [0.15, 0.2) is 0 Å². The number of nitrogens with zero attached hydrogens (tertiary/aromatic N) is 3. The number of nitrogens with two attached hydrogens (primary N) is 1. The molecule has 7 heteroatoms. The van der Waals surface area contributed by atoms with Gasteiger partial charge >= 0.3 is 0 Å². The van der Waals surface area contributed by atoms with Crippen LogP contribution < -0.4 is 20.9 Å². The third kappa shape index (κ3) is 3.81. The summed E-state index contributed by atoms with van der Waals surface area (Å²) in [6.45, 7) is 8.14. The molecule has 7 nitrogen and oxygen atoms in total. The molecule has 4 rings (SSSR count). The van der Waals surface area contributed by atoms with Crippen LogP contribution in [0.15, 0.2) is 37.2 Å². The standard InChI is InChI=1S/C21H27N5O2/c1-14(17-10-15(4-5-18(17)25-22)28-21(2)7-8-21)19-11-20(24-13-23-19)26-9-6-16(12-26)27-3/h4-5,10-11,13,16,25H,1,6-9,12,22H2,2-3H3/t16-/m0/s1. The van der Waals surface area contributed by atoms with Gasteiger partial charge in [0.25, 0.3) is 0 Å². The summed E-state index contributed by atoms with van der Waals surface area (Å²) < 4.78 is 11.6. The van der Waals surface area contributed by atoms with Crippen molar-refractivity contribution >= 4 is 17.1 Å². The number of hydrogen-bond donors (Lipinski definition) is 2. The third-order valence-electron chi connectivity index (χ3n) is 5.55. The summed E-state index contributed by atoms with van der Waals surface area (Å²) in [5.74, 6) is 7.42. The van der Waals surface area contributed by atoms with E-state index in [9.17, 15) is 0 Å². The molecule has 1 aliphatic carbocycles. The number of anilines is 2. The lowest BCUT2D eigenvalue weighted by Crippen LogP contribution is -2.23. The molecular formula is C21H27N5O2. The molecule has 1 aromatic heterocycles. The van der Waals surface area contributed by atoms with Gasteiger partial charge in [-0.2, -0.15) is 0 Å². The largest absolute Gasteiger partial charge is 0.488 e. The lowest BCUT2D eigenvalue weighted by Gasteiger charge is -2.19. The second-order valence-corrected chi connectivity index (χ2v) is 7.74. The zero-order valence-corrected chi connectivity index (χ0v) is 16.4. The maximum absolute atomic E-state index is 6.10. The summed E-state index contributed by atoms with van der Waals surface area (Å²) in [6, 6.07) is 7.78. The van der Waals surface area contributed by atoms with E-state index in [4.69, 9.17) is 15.3 Å². The van der Waals surface area contributed by atoms with Crippen LogP contribution in [-0.2, 0) is 4.74 Å². The maximum atomic E-state index is 6.10. The Balaban J connectivity index is 1.60. The van der Waals surface area contributed by atoms with Crippen LogP contribution in [-0.4, -0.2) is 41.9 Å². The highest BCUT2D eigenvalue weighted by atomic mass is 16.5.